The lowest BCUT2D eigenvalue weighted by atomic mass is 9.95. The Balaban J connectivity index is 1.17. The number of carbonyl (C=O) groups is 1. The first-order chi connectivity index (χ1) is 18.0. The van der Waals surface area contributed by atoms with Crippen molar-refractivity contribution in [2.75, 3.05) is 11.9 Å². The summed E-state index contributed by atoms with van der Waals surface area (Å²) < 4.78 is 13.7. The Kier molecular flexibility index (Phi) is 6.49. The summed E-state index contributed by atoms with van der Waals surface area (Å²) in [6.07, 6.45) is 0.751. The number of carbonyl (C=O) groups excluding carboxylic acids is 1. The van der Waals surface area contributed by atoms with Crippen molar-refractivity contribution in [3.05, 3.63) is 47.0 Å². The lowest BCUT2D eigenvalue weighted by Gasteiger charge is -2.25. The van der Waals surface area contributed by atoms with Gasteiger partial charge in [0.15, 0.2) is 23.2 Å². The van der Waals surface area contributed by atoms with Crippen molar-refractivity contribution in [3.8, 4) is 0 Å². The fourth-order valence-corrected chi connectivity index (χ4v) is 6.09. The molecule has 0 spiro atoms. The molecular weight excluding hydrogens is 548 g/mol. The summed E-state index contributed by atoms with van der Waals surface area (Å²) in [4.78, 5) is 28.0. The number of hydrogen-bond acceptors (Lipinski definition) is 10. The van der Waals surface area contributed by atoms with Gasteiger partial charge in [0.2, 0.25) is 0 Å². The summed E-state index contributed by atoms with van der Waals surface area (Å²) >= 11 is 3.49. The minimum absolute atomic E-state index is 0.0353. The van der Waals surface area contributed by atoms with Gasteiger partial charge in [-0.1, -0.05) is 34.1 Å². The normalized spacial score (nSPS) is 30.8. The number of ether oxygens (including phenoxy) is 2. The van der Waals surface area contributed by atoms with Crippen LogP contribution in [-0.4, -0.2) is 88.9 Å². The first kappa shape index (κ1) is 24.5. The second kappa shape index (κ2) is 9.80. The van der Waals surface area contributed by atoms with Gasteiger partial charge in [-0.2, -0.15) is 0 Å². The molecule has 3 fully saturated rings. The van der Waals surface area contributed by atoms with Gasteiger partial charge in [-0.15, -0.1) is 0 Å². The van der Waals surface area contributed by atoms with E-state index in [1.54, 1.807) is 0 Å². The van der Waals surface area contributed by atoms with Crippen molar-refractivity contribution in [1.29, 1.82) is 0 Å². The molecule has 0 saturated carbocycles. The zero-order valence-corrected chi connectivity index (χ0v) is 21.3. The van der Waals surface area contributed by atoms with Crippen LogP contribution in [0.2, 0.25) is 0 Å². The number of imidazole rings is 1. The largest absolute Gasteiger partial charge is 0.444 e. The quantitative estimate of drug-likeness (QED) is 0.340. The molecule has 4 N–H and O–H groups in total. The second-order valence-electron chi connectivity index (χ2n) is 9.61. The molecule has 12 nitrogen and oxygen atoms in total. The predicted octanol–water partition coefficient (Wildman–Crippen LogP) is 1.55. The summed E-state index contributed by atoms with van der Waals surface area (Å²) in [5, 5.41) is 33.4. The van der Waals surface area contributed by atoms with E-state index in [1.165, 1.54) is 17.2 Å². The Morgan fingerprint density at radius 3 is 2.81 bits per heavy atom. The van der Waals surface area contributed by atoms with Gasteiger partial charge in [0, 0.05) is 16.1 Å². The highest BCUT2D eigenvalue weighted by Crippen LogP contribution is 2.40. The van der Waals surface area contributed by atoms with Crippen molar-refractivity contribution < 1.29 is 29.6 Å². The van der Waals surface area contributed by atoms with Crippen molar-refractivity contribution in [1.82, 2.24) is 24.4 Å². The third-order valence-electron chi connectivity index (χ3n) is 7.53. The molecule has 196 valence electrons. The van der Waals surface area contributed by atoms with Crippen LogP contribution in [0.5, 0.6) is 0 Å². The van der Waals surface area contributed by atoms with E-state index in [2.05, 4.69) is 36.2 Å². The summed E-state index contributed by atoms with van der Waals surface area (Å²) in [5.41, 5.74) is 1.80. The molecule has 3 aliphatic rings. The van der Waals surface area contributed by atoms with E-state index >= 15 is 0 Å². The smallest absolute Gasteiger partial charge is 0.410 e. The third kappa shape index (κ3) is 4.24. The van der Waals surface area contributed by atoms with Crippen LogP contribution in [0.1, 0.15) is 31.1 Å². The van der Waals surface area contributed by atoms with Crippen LogP contribution >= 0.6 is 15.9 Å². The summed E-state index contributed by atoms with van der Waals surface area (Å²) in [5.74, 6) is 0.509. The summed E-state index contributed by atoms with van der Waals surface area (Å²) in [6, 6.07) is 7.67. The van der Waals surface area contributed by atoms with Crippen molar-refractivity contribution in [2.24, 2.45) is 0 Å². The van der Waals surface area contributed by atoms with Gasteiger partial charge in [-0.25, -0.2) is 19.7 Å². The number of aromatic nitrogens is 4. The van der Waals surface area contributed by atoms with Gasteiger partial charge < -0.3 is 35.0 Å². The Morgan fingerprint density at radius 2 is 2.03 bits per heavy atom. The number of fused-ring (bicyclic) bond motifs is 3. The Morgan fingerprint density at radius 1 is 1.19 bits per heavy atom. The highest BCUT2D eigenvalue weighted by molar-refractivity contribution is 9.10. The molecule has 7 atom stereocenters. The van der Waals surface area contributed by atoms with Gasteiger partial charge in [0.05, 0.1) is 25.0 Å². The summed E-state index contributed by atoms with van der Waals surface area (Å²) in [6.45, 7) is -0.228. The number of hydrogen-bond donors (Lipinski definition) is 4. The Hall–Kier alpha value is -2.84. The van der Waals surface area contributed by atoms with Crippen LogP contribution in [0, 0.1) is 0 Å². The molecule has 5 heterocycles. The van der Waals surface area contributed by atoms with Gasteiger partial charge in [-0.05, 0) is 25.3 Å². The zero-order valence-electron chi connectivity index (χ0n) is 19.7. The summed E-state index contributed by atoms with van der Waals surface area (Å²) in [7, 11) is 0. The topological polar surface area (TPSA) is 155 Å². The molecule has 3 aliphatic heterocycles. The highest BCUT2D eigenvalue weighted by Gasteiger charge is 2.50. The van der Waals surface area contributed by atoms with Gasteiger partial charge in [-0.3, -0.25) is 4.57 Å². The van der Waals surface area contributed by atoms with E-state index in [9.17, 15) is 20.1 Å². The lowest BCUT2D eigenvalue weighted by Crippen LogP contribution is -2.40. The highest BCUT2D eigenvalue weighted by atomic mass is 79.9. The monoisotopic (exact) mass is 574 g/mol. The van der Waals surface area contributed by atoms with Crippen molar-refractivity contribution in [3.63, 3.8) is 0 Å². The number of nitrogens with zero attached hydrogens (tertiary/aromatic N) is 5. The number of anilines is 1. The minimum atomic E-state index is -1.25. The average Bonchev–Trinajstić information content (AvgIpc) is 3.66. The molecule has 0 unspecified atom stereocenters. The molecule has 3 saturated heterocycles. The number of aliphatic hydroxyl groups excluding tert-OH is 3. The molecule has 0 radical (unpaired) electrons. The average molecular weight is 575 g/mol. The third-order valence-corrected chi connectivity index (χ3v) is 8.30. The van der Waals surface area contributed by atoms with E-state index < -0.39 is 31.1 Å². The SMILES string of the molecule is O=C(OCc1ccccc1Br)N1[C@H]2CC[C@H]1[C@H](Nc1ncnc3c1ncn3[C@@H]1O[C@H](CO)[C@@H](O)[C@H]1O)C2. The van der Waals surface area contributed by atoms with E-state index in [4.69, 9.17) is 9.47 Å². The van der Waals surface area contributed by atoms with E-state index in [-0.39, 0.29) is 30.8 Å². The van der Waals surface area contributed by atoms with Crippen LogP contribution in [0.3, 0.4) is 0 Å². The zero-order chi connectivity index (χ0) is 25.7. The van der Waals surface area contributed by atoms with Gasteiger partial charge in [0.1, 0.15) is 31.2 Å². The first-order valence-electron chi connectivity index (χ1n) is 12.2. The van der Waals surface area contributed by atoms with Crippen molar-refractivity contribution >= 4 is 39.0 Å². The van der Waals surface area contributed by atoms with Crippen molar-refractivity contribution in [2.45, 2.75) is 68.5 Å². The number of halogens is 1. The molecule has 1 amide bonds. The Bertz CT molecular complexity index is 1310. The van der Waals surface area contributed by atoms with E-state index in [0.717, 1.165) is 29.3 Å². The molecule has 2 bridgehead atoms. The minimum Gasteiger partial charge on any atom is -0.444 e. The standard InChI is InChI=1S/C24H27BrN6O6/c25-14-4-2-1-3-12(14)9-36-24(35)31-13-5-6-16(31)15(7-13)29-21-18-22(27-10-26-21)30(11-28-18)23-20(34)19(33)17(8-32)37-23/h1-4,10-11,13,15-17,19-20,23,32-34H,5-9H2,(H,26,27,29)/t13-,15+,16-,17+,19+,20+,23+/m0/s1. The lowest BCUT2D eigenvalue weighted by molar-refractivity contribution is -0.0511. The maximum atomic E-state index is 13.0. The Labute approximate surface area is 220 Å². The molecule has 1 aromatic carbocycles. The number of benzene rings is 1. The van der Waals surface area contributed by atoms with Crippen LogP contribution in [0.4, 0.5) is 10.6 Å². The second-order valence-corrected chi connectivity index (χ2v) is 10.5. The molecule has 13 heteroatoms. The molecule has 3 aromatic rings. The number of nitrogens with one attached hydrogen (secondary N) is 1. The van der Waals surface area contributed by atoms with Gasteiger partial charge in [0.25, 0.3) is 0 Å². The molecule has 2 aromatic heterocycles. The molecule has 0 aliphatic carbocycles. The van der Waals surface area contributed by atoms with Crippen LogP contribution in [-0.2, 0) is 16.1 Å². The number of rotatable bonds is 6. The van der Waals surface area contributed by atoms with Gasteiger partial charge >= 0.3 is 6.09 Å². The maximum Gasteiger partial charge on any atom is 0.410 e. The molecular formula is C24H27BrN6O6. The fraction of sp³-hybridized carbons (Fsp3) is 0.500. The number of aliphatic hydroxyl groups is 3. The predicted molar refractivity (Wildman–Crippen MR) is 133 cm³/mol. The van der Waals surface area contributed by atoms with Crippen LogP contribution < -0.4 is 5.32 Å². The van der Waals surface area contributed by atoms with Crippen LogP contribution in [0.25, 0.3) is 11.2 Å². The van der Waals surface area contributed by atoms with Crippen LogP contribution in [0.15, 0.2) is 41.4 Å². The van der Waals surface area contributed by atoms with E-state index in [1.807, 2.05) is 29.2 Å². The maximum absolute atomic E-state index is 13.0. The fourth-order valence-electron chi connectivity index (χ4n) is 5.69. The molecule has 6 rings (SSSR count). The first-order valence-corrected chi connectivity index (χ1v) is 13.0. The van der Waals surface area contributed by atoms with E-state index in [0.29, 0.717) is 17.0 Å². The number of amides is 1. The molecule has 37 heavy (non-hydrogen) atoms.